The Hall–Kier alpha value is -4.77. The molecule has 0 spiro atoms. The first kappa shape index (κ1) is 36.2. The van der Waals surface area contributed by atoms with Crippen molar-refractivity contribution in [3.63, 3.8) is 0 Å². The fraction of sp³-hybridized carbons (Fsp3) is 0.512. The Morgan fingerprint density at radius 1 is 1.04 bits per heavy atom. The molecule has 4 aliphatic carbocycles. The fourth-order valence-corrected chi connectivity index (χ4v) is 10.4. The van der Waals surface area contributed by atoms with Crippen LogP contribution in [0.2, 0.25) is 0 Å². The lowest BCUT2D eigenvalue weighted by Gasteiger charge is -2.57. The maximum atomic E-state index is 13.0. The van der Waals surface area contributed by atoms with Crippen molar-refractivity contribution in [3.8, 4) is 22.8 Å². The van der Waals surface area contributed by atoms with Crippen molar-refractivity contribution in [1.29, 1.82) is 0 Å². The number of nitrogen functional groups attached to an aromatic ring is 1. The van der Waals surface area contributed by atoms with Crippen LogP contribution in [0.3, 0.4) is 0 Å². The number of fused-ring (bicyclic) bond motifs is 1. The summed E-state index contributed by atoms with van der Waals surface area (Å²) in [5.41, 5.74) is 9.58. The van der Waals surface area contributed by atoms with Gasteiger partial charge in [-0.15, -0.1) is 0 Å². The zero-order valence-corrected chi connectivity index (χ0v) is 31.5. The van der Waals surface area contributed by atoms with Crippen LogP contribution in [0.1, 0.15) is 83.6 Å². The van der Waals surface area contributed by atoms with Gasteiger partial charge < -0.3 is 26.0 Å². The number of rotatable bonds is 14. The summed E-state index contributed by atoms with van der Waals surface area (Å²) in [7, 11) is 0. The minimum atomic E-state index is -0.352. The van der Waals surface area contributed by atoms with Crippen LogP contribution in [0, 0.1) is 29.1 Å². The molecule has 9 rings (SSSR count). The maximum Gasteiger partial charge on any atom is 0.247 e. The number of nitrogens with two attached hydrogens (primary N) is 1. The lowest BCUT2D eigenvalue weighted by molar-refractivity contribution is -0.125. The summed E-state index contributed by atoms with van der Waals surface area (Å²) in [6.07, 6.45) is 16.4. The molecule has 284 valence electrons. The van der Waals surface area contributed by atoms with Crippen LogP contribution in [0.25, 0.3) is 22.3 Å². The summed E-state index contributed by atoms with van der Waals surface area (Å²) < 4.78 is 8.12. The van der Waals surface area contributed by atoms with Crippen molar-refractivity contribution in [2.75, 3.05) is 37.2 Å². The minimum Gasteiger partial charge on any atom is -0.455 e. The van der Waals surface area contributed by atoms with E-state index >= 15 is 0 Å². The van der Waals surface area contributed by atoms with Crippen molar-refractivity contribution in [3.05, 3.63) is 67.5 Å². The summed E-state index contributed by atoms with van der Waals surface area (Å²) in [5.74, 6) is 4.33. The van der Waals surface area contributed by atoms with Crippen LogP contribution in [-0.2, 0) is 9.59 Å². The van der Waals surface area contributed by atoms with E-state index in [1.54, 1.807) is 0 Å². The Labute approximate surface area is 318 Å². The summed E-state index contributed by atoms with van der Waals surface area (Å²) in [4.78, 5) is 36.9. The largest absolute Gasteiger partial charge is 0.455 e. The van der Waals surface area contributed by atoms with Gasteiger partial charge in [-0.2, -0.15) is 5.10 Å². The number of hydrogen-bond acceptors (Lipinski definition) is 8. The van der Waals surface area contributed by atoms with Gasteiger partial charge in [0.15, 0.2) is 11.4 Å². The van der Waals surface area contributed by atoms with Crippen molar-refractivity contribution >= 4 is 34.4 Å². The Bertz CT molecular complexity index is 1950. The molecule has 4 N–H and O–H groups in total. The molecule has 2 aromatic carbocycles. The highest BCUT2D eigenvalue weighted by Gasteiger charge is 2.50. The fourth-order valence-electron chi connectivity index (χ4n) is 10.4. The lowest BCUT2D eigenvalue weighted by atomic mass is 9.48. The van der Waals surface area contributed by atoms with Gasteiger partial charge in [0.1, 0.15) is 23.6 Å². The van der Waals surface area contributed by atoms with E-state index in [2.05, 4.69) is 39.0 Å². The van der Waals surface area contributed by atoms with E-state index in [0.717, 1.165) is 68.6 Å². The summed E-state index contributed by atoms with van der Waals surface area (Å²) in [6, 6.07) is 15.1. The van der Waals surface area contributed by atoms with Gasteiger partial charge in [-0.1, -0.05) is 31.7 Å². The molecule has 0 unspecified atom stereocenters. The number of carbonyl (C=O) groups excluding carboxylic acids is 2. The highest BCUT2D eigenvalue weighted by Crippen LogP contribution is 2.61. The van der Waals surface area contributed by atoms with Gasteiger partial charge in [-0.25, -0.2) is 14.6 Å². The lowest BCUT2D eigenvalue weighted by Crippen LogP contribution is -2.46. The van der Waals surface area contributed by atoms with Crippen molar-refractivity contribution < 1.29 is 14.3 Å². The number of nitrogens with zero attached hydrogens (tertiary/aromatic N) is 5. The molecule has 1 aliphatic heterocycles. The van der Waals surface area contributed by atoms with Crippen molar-refractivity contribution in [2.24, 2.45) is 29.1 Å². The number of ether oxygens (including phenoxy) is 1. The second kappa shape index (κ2) is 15.5. The average Bonchev–Trinajstić information content (AvgIpc) is 3.57. The third-order valence-electron chi connectivity index (χ3n) is 12.8. The predicted octanol–water partition coefficient (Wildman–Crippen LogP) is 7.77. The third-order valence-corrected chi connectivity index (χ3v) is 12.8. The minimum absolute atomic E-state index is 0.0819. The standard InChI is InChI=1S/C43H54N8O3/c1-3-37(52)48-35-23-32(10-11-36(35)54-34-8-5-4-6-9-34)39-38-40(44)46-27-47-41(38)51(49-39)33-13-18-50(19-14-33)17-7-16-45-42(53)28(2)12-15-43-24-29-20-30(25-43)22-31(21-29)26-43/h3-6,8-11,23,27-31,33H,1,7,12-22,24-26H2,2H3,(H,45,53)(H,48,52)(H2,44,46,47)/t28-,29?,30?,31?,43?/m1/s1. The van der Waals surface area contributed by atoms with Gasteiger partial charge in [0.2, 0.25) is 11.8 Å². The van der Waals surface area contributed by atoms with E-state index in [1.165, 1.54) is 57.3 Å². The van der Waals surface area contributed by atoms with Gasteiger partial charge in [-0.3, -0.25) is 9.59 Å². The molecule has 5 fully saturated rings. The molecule has 3 heterocycles. The number of benzene rings is 2. The van der Waals surface area contributed by atoms with Crippen LogP contribution in [0.5, 0.6) is 11.5 Å². The number of anilines is 2. The number of para-hydroxylation sites is 1. The number of piperidine rings is 1. The monoisotopic (exact) mass is 730 g/mol. The molecule has 1 atom stereocenters. The van der Waals surface area contributed by atoms with E-state index in [4.69, 9.17) is 15.6 Å². The van der Waals surface area contributed by atoms with Gasteiger partial charge >= 0.3 is 0 Å². The Morgan fingerprint density at radius 2 is 1.76 bits per heavy atom. The number of aromatic nitrogens is 4. The van der Waals surface area contributed by atoms with E-state index in [-0.39, 0.29) is 23.8 Å². The first-order chi connectivity index (χ1) is 26.3. The topological polar surface area (TPSA) is 140 Å². The first-order valence-electron chi connectivity index (χ1n) is 20.1. The molecule has 1 saturated heterocycles. The molecule has 11 nitrogen and oxygen atoms in total. The number of carbonyl (C=O) groups is 2. The molecule has 11 heteroatoms. The third kappa shape index (κ3) is 7.74. The van der Waals surface area contributed by atoms with Crippen LogP contribution in [0.15, 0.2) is 67.5 Å². The van der Waals surface area contributed by atoms with E-state index in [0.29, 0.717) is 51.7 Å². The van der Waals surface area contributed by atoms with E-state index < -0.39 is 0 Å². The predicted molar refractivity (Wildman–Crippen MR) is 212 cm³/mol. The number of amides is 2. The molecule has 4 aromatic rings. The van der Waals surface area contributed by atoms with Gasteiger partial charge in [0.05, 0.1) is 17.1 Å². The number of likely N-dealkylation sites (tertiary alicyclic amines) is 1. The smallest absolute Gasteiger partial charge is 0.247 e. The number of nitrogens with one attached hydrogen (secondary N) is 2. The molecule has 4 saturated carbocycles. The highest BCUT2D eigenvalue weighted by molar-refractivity contribution is 6.02. The van der Waals surface area contributed by atoms with Crippen LogP contribution < -0.4 is 21.1 Å². The van der Waals surface area contributed by atoms with Crippen LogP contribution in [-0.4, -0.2) is 62.6 Å². The van der Waals surface area contributed by atoms with Crippen LogP contribution in [0.4, 0.5) is 11.5 Å². The quantitative estimate of drug-likeness (QED) is 0.0884. The molecule has 5 aliphatic rings. The Kier molecular flexibility index (Phi) is 10.4. The van der Waals surface area contributed by atoms with Crippen LogP contribution >= 0.6 is 0 Å². The van der Waals surface area contributed by atoms with Gasteiger partial charge in [0.25, 0.3) is 0 Å². The SMILES string of the molecule is C=CC(=O)Nc1cc(-c2nn(C3CCN(CCCNC(=O)[C@H](C)CCC45CC6CC(CC(C6)C4)C5)CC3)c3ncnc(N)c23)ccc1Oc1ccccc1. The zero-order chi connectivity index (χ0) is 37.2. The van der Waals surface area contributed by atoms with Gasteiger partial charge in [-0.05, 0) is 137 Å². The zero-order valence-electron chi connectivity index (χ0n) is 31.5. The van der Waals surface area contributed by atoms with Crippen molar-refractivity contribution in [2.45, 2.75) is 83.6 Å². The molecular formula is C43H54N8O3. The maximum absolute atomic E-state index is 13.0. The molecule has 4 bridgehead atoms. The second-order valence-electron chi connectivity index (χ2n) is 16.6. The van der Waals surface area contributed by atoms with Crippen molar-refractivity contribution in [1.82, 2.24) is 30.0 Å². The highest BCUT2D eigenvalue weighted by atomic mass is 16.5. The Morgan fingerprint density at radius 3 is 2.46 bits per heavy atom. The summed E-state index contributed by atoms with van der Waals surface area (Å²) in [5, 5.41) is 11.9. The first-order valence-corrected chi connectivity index (χ1v) is 20.1. The normalized spacial score (nSPS) is 24.4. The summed E-state index contributed by atoms with van der Waals surface area (Å²) >= 11 is 0. The molecular weight excluding hydrogens is 677 g/mol. The Balaban J connectivity index is 0.865. The van der Waals surface area contributed by atoms with E-state index in [1.807, 2.05) is 53.2 Å². The van der Waals surface area contributed by atoms with Gasteiger partial charge in [0, 0.05) is 31.1 Å². The van der Waals surface area contributed by atoms with E-state index in [9.17, 15) is 9.59 Å². The average molecular weight is 731 g/mol. The summed E-state index contributed by atoms with van der Waals surface area (Å²) in [6.45, 7) is 9.26. The molecule has 54 heavy (non-hydrogen) atoms. The second-order valence-corrected chi connectivity index (χ2v) is 16.6. The molecule has 2 aromatic heterocycles. The molecule has 0 radical (unpaired) electrons. The molecule has 2 amide bonds. The number of hydrogen-bond donors (Lipinski definition) is 3.